The molecule has 0 aliphatic rings. The van der Waals surface area contributed by atoms with E-state index in [1.165, 1.54) is 12.1 Å². The highest BCUT2D eigenvalue weighted by Gasteiger charge is 2.13. The zero-order chi connectivity index (χ0) is 12.7. The number of halogens is 2. The lowest BCUT2D eigenvalue weighted by Crippen LogP contribution is -2.25. The van der Waals surface area contributed by atoms with E-state index in [1.54, 1.807) is 11.8 Å². The van der Waals surface area contributed by atoms with Crippen molar-refractivity contribution < 1.29 is 13.6 Å². The molecule has 0 saturated heterocycles. The number of carbonyl (C=O) groups excluding carboxylic acids is 1. The van der Waals surface area contributed by atoms with Crippen LogP contribution in [0.3, 0.4) is 0 Å². The van der Waals surface area contributed by atoms with Crippen LogP contribution in [0, 0.1) is 11.6 Å². The van der Waals surface area contributed by atoms with E-state index in [0.29, 0.717) is 6.54 Å². The van der Waals surface area contributed by atoms with E-state index in [-0.39, 0.29) is 5.56 Å². The van der Waals surface area contributed by atoms with Crippen LogP contribution in [-0.4, -0.2) is 24.5 Å². The summed E-state index contributed by atoms with van der Waals surface area (Å²) in [6.45, 7) is 0.481. The van der Waals surface area contributed by atoms with Crippen LogP contribution in [0.15, 0.2) is 18.2 Å². The quantitative estimate of drug-likeness (QED) is 0.796. The molecule has 1 N–H and O–H groups in total. The van der Waals surface area contributed by atoms with Crippen molar-refractivity contribution in [3.63, 3.8) is 0 Å². The number of benzene rings is 1. The zero-order valence-electron chi connectivity index (χ0n) is 9.63. The van der Waals surface area contributed by atoms with E-state index in [0.717, 1.165) is 24.7 Å². The fourth-order valence-electron chi connectivity index (χ4n) is 1.35. The van der Waals surface area contributed by atoms with Gasteiger partial charge < -0.3 is 5.32 Å². The highest BCUT2D eigenvalue weighted by atomic mass is 32.2. The van der Waals surface area contributed by atoms with Gasteiger partial charge in [0, 0.05) is 6.54 Å². The van der Waals surface area contributed by atoms with Gasteiger partial charge in [-0.25, -0.2) is 8.78 Å². The van der Waals surface area contributed by atoms with Crippen molar-refractivity contribution in [3.05, 3.63) is 35.4 Å². The maximum atomic E-state index is 13.2. The number of thioether (sulfide) groups is 1. The molecule has 0 saturated carbocycles. The Morgan fingerprint density at radius 3 is 2.82 bits per heavy atom. The number of hydrogen-bond donors (Lipinski definition) is 1. The Balaban J connectivity index is 2.44. The molecule has 5 heteroatoms. The Labute approximate surface area is 104 Å². The molecule has 0 aliphatic carbocycles. The van der Waals surface area contributed by atoms with Crippen LogP contribution in [0.1, 0.15) is 23.2 Å². The Morgan fingerprint density at radius 2 is 2.12 bits per heavy atom. The number of nitrogens with one attached hydrogen (secondary N) is 1. The normalized spacial score (nSPS) is 10.3. The molecule has 0 radical (unpaired) electrons. The summed E-state index contributed by atoms with van der Waals surface area (Å²) in [5, 5.41) is 2.57. The fourth-order valence-corrected chi connectivity index (χ4v) is 1.84. The van der Waals surface area contributed by atoms with E-state index < -0.39 is 17.5 Å². The minimum Gasteiger partial charge on any atom is -0.352 e. The van der Waals surface area contributed by atoms with E-state index in [4.69, 9.17) is 0 Å². The molecule has 0 unspecified atom stereocenters. The van der Waals surface area contributed by atoms with Crippen LogP contribution in [0.25, 0.3) is 0 Å². The molecule has 0 spiro atoms. The second-order valence-electron chi connectivity index (χ2n) is 3.56. The first-order chi connectivity index (χ1) is 8.16. The zero-order valence-corrected chi connectivity index (χ0v) is 10.4. The number of carbonyl (C=O) groups is 1. The summed E-state index contributed by atoms with van der Waals surface area (Å²) in [4.78, 5) is 11.5. The van der Waals surface area contributed by atoms with Crippen molar-refractivity contribution in [1.29, 1.82) is 0 Å². The molecule has 0 bridgehead atoms. The minimum atomic E-state index is -1.09. The largest absolute Gasteiger partial charge is 0.352 e. The smallest absolute Gasteiger partial charge is 0.254 e. The standard InChI is InChI=1S/C12H15F2NOS/c1-17-8-3-2-7-15-12(16)9-5-4-6-10(13)11(9)14/h4-6H,2-3,7-8H2,1H3,(H,15,16). The SMILES string of the molecule is CSCCCCNC(=O)c1cccc(F)c1F. The monoisotopic (exact) mass is 259 g/mol. The van der Waals surface area contributed by atoms with Crippen LogP contribution < -0.4 is 5.32 Å². The van der Waals surface area contributed by atoms with E-state index >= 15 is 0 Å². The Bertz CT molecular complexity index is 385. The van der Waals surface area contributed by atoms with Gasteiger partial charge >= 0.3 is 0 Å². The highest BCUT2D eigenvalue weighted by molar-refractivity contribution is 7.98. The molecule has 17 heavy (non-hydrogen) atoms. The van der Waals surface area contributed by atoms with Gasteiger partial charge in [-0.15, -0.1) is 0 Å². The maximum absolute atomic E-state index is 13.2. The molecule has 1 rings (SSSR count). The topological polar surface area (TPSA) is 29.1 Å². The second-order valence-corrected chi connectivity index (χ2v) is 4.54. The molecule has 1 aromatic carbocycles. The molecule has 0 fully saturated rings. The van der Waals surface area contributed by atoms with Crippen LogP contribution >= 0.6 is 11.8 Å². The first-order valence-corrected chi connectivity index (χ1v) is 6.77. The Hall–Kier alpha value is -1.10. The van der Waals surface area contributed by atoms with Gasteiger partial charge in [-0.2, -0.15) is 11.8 Å². The summed E-state index contributed by atoms with van der Waals surface area (Å²) >= 11 is 1.74. The molecule has 0 heterocycles. The lowest BCUT2D eigenvalue weighted by molar-refractivity contribution is 0.0948. The third kappa shape index (κ3) is 4.34. The molecule has 0 atom stereocenters. The molecule has 2 nitrogen and oxygen atoms in total. The number of amides is 1. The number of rotatable bonds is 6. The average Bonchev–Trinajstić information content (AvgIpc) is 2.32. The fraction of sp³-hybridized carbons (Fsp3) is 0.417. The Kier molecular flexibility index (Phi) is 5.97. The molecule has 0 aromatic heterocycles. The van der Waals surface area contributed by atoms with Gasteiger partial charge in [0.2, 0.25) is 0 Å². The van der Waals surface area contributed by atoms with Crippen LogP contribution in [-0.2, 0) is 0 Å². The third-order valence-electron chi connectivity index (χ3n) is 2.26. The van der Waals surface area contributed by atoms with Gasteiger partial charge in [0.15, 0.2) is 11.6 Å². The first kappa shape index (κ1) is 14.0. The summed E-state index contributed by atoms with van der Waals surface area (Å²) in [6, 6.07) is 3.58. The second kappa shape index (κ2) is 7.27. The summed E-state index contributed by atoms with van der Waals surface area (Å²) in [5.74, 6) is -1.62. The van der Waals surface area contributed by atoms with Crippen molar-refractivity contribution in [2.45, 2.75) is 12.8 Å². The molecule has 1 aromatic rings. The summed E-state index contributed by atoms with van der Waals surface area (Å²) in [7, 11) is 0. The van der Waals surface area contributed by atoms with E-state index in [2.05, 4.69) is 5.32 Å². The minimum absolute atomic E-state index is 0.241. The molecule has 94 valence electrons. The van der Waals surface area contributed by atoms with Gasteiger partial charge in [0.05, 0.1) is 5.56 Å². The van der Waals surface area contributed by atoms with Crippen LogP contribution in [0.4, 0.5) is 8.78 Å². The summed E-state index contributed by atoms with van der Waals surface area (Å²) in [5.41, 5.74) is -0.241. The molecule has 1 amide bonds. The van der Waals surface area contributed by atoms with Crippen molar-refractivity contribution in [3.8, 4) is 0 Å². The van der Waals surface area contributed by atoms with Gasteiger partial charge in [0.1, 0.15) is 0 Å². The van der Waals surface area contributed by atoms with Crippen LogP contribution in [0.2, 0.25) is 0 Å². The third-order valence-corrected chi connectivity index (χ3v) is 2.95. The van der Waals surface area contributed by atoms with E-state index in [1.807, 2.05) is 6.26 Å². The van der Waals surface area contributed by atoms with Crippen LogP contribution in [0.5, 0.6) is 0 Å². The maximum Gasteiger partial charge on any atom is 0.254 e. The number of hydrogen-bond acceptors (Lipinski definition) is 2. The van der Waals surface area contributed by atoms with Gasteiger partial charge in [0.25, 0.3) is 5.91 Å². The molecular formula is C12H15F2NOS. The van der Waals surface area contributed by atoms with E-state index in [9.17, 15) is 13.6 Å². The molecule has 0 aliphatic heterocycles. The first-order valence-electron chi connectivity index (χ1n) is 5.38. The molecular weight excluding hydrogens is 244 g/mol. The highest BCUT2D eigenvalue weighted by Crippen LogP contribution is 2.11. The lowest BCUT2D eigenvalue weighted by Gasteiger charge is -2.06. The van der Waals surface area contributed by atoms with Crippen molar-refractivity contribution in [2.75, 3.05) is 18.6 Å². The van der Waals surface area contributed by atoms with Gasteiger partial charge in [-0.1, -0.05) is 6.07 Å². The predicted molar refractivity (Wildman–Crippen MR) is 66.3 cm³/mol. The summed E-state index contributed by atoms with van der Waals surface area (Å²) in [6.07, 6.45) is 3.84. The van der Waals surface area contributed by atoms with Crippen molar-refractivity contribution in [1.82, 2.24) is 5.32 Å². The summed E-state index contributed by atoms with van der Waals surface area (Å²) < 4.78 is 26.1. The van der Waals surface area contributed by atoms with Gasteiger partial charge in [-0.3, -0.25) is 4.79 Å². The van der Waals surface area contributed by atoms with Crippen molar-refractivity contribution in [2.24, 2.45) is 0 Å². The lowest BCUT2D eigenvalue weighted by atomic mass is 10.2. The van der Waals surface area contributed by atoms with Crippen molar-refractivity contribution >= 4 is 17.7 Å². The predicted octanol–water partition coefficient (Wildman–Crippen LogP) is 2.84. The average molecular weight is 259 g/mol. The Morgan fingerprint density at radius 1 is 1.35 bits per heavy atom. The van der Waals surface area contributed by atoms with Gasteiger partial charge in [-0.05, 0) is 37.0 Å². The number of unbranched alkanes of at least 4 members (excludes halogenated alkanes) is 1.